The molecule has 1 aromatic carbocycles. The average molecular weight is 297 g/mol. The third-order valence-corrected chi connectivity index (χ3v) is 3.40. The van der Waals surface area contributed by atoms with Crippen molar-refractivity contribution in [2.45, 2.75) is 33.1 Å². The molecule has 0 unspecified atom stereocenters. The number of hydrogen-bond acceptors (Lipinski definition) is 3. The number of benzene rings is 1. The van der Waals surface area contributed by atoms with Gasteiger partial charge in [0.1, 0.15) is 0 Å². The van der Waals surface area contributed by atoms with Crippen molar-refractivity contribution < 1.29 is 4.79 Å². The van der Waals surface area contributed by atoms with Crippen LogP contribution in [0.1, 0.15) is 49.0 Å². The van der Waals surface area contributed by atoms with E-state index >= 15 is 0 Å². The van der Waals surface area contributed by atoms with Crippen molar-refractivity contribution in [3.8, 4) is 0 Å². The van der Waals surface area contributed by atoms with Gasteiger partial charge in [-0.25, -0.2) is 0 Å². The summed E-state index contributed by atoms with van der Waals surface area (Å²) in [5.74, 6) is 0.425. The van der Waals surface area contributed by atoms with Gasteiger partial charge in [0.2, 0.25) is 0 Å². The Labute approximate surface area is 132 Å². The van der Waals surface area contributed by atoms with Crippen LogP contribution in [0, 0.1) is 0 Å². The minimum atomic E-state index is -0.0897. The molecule has 4 heteroatoms. The lowest BCUT2D eigenvalue weighted by Crippen LogP contribution is -2.24. The van der Waals surface area contributed by atoms with Gasteiger partial charge in [-0.1, -0.05) is 32.9 Å². The molecule has 0 aliphatic rings. The van der Waals surface area contributed by atoms with Crippen LogP contribution in [-0.4, -0.2) is 17.4 Å². The Morgan fingerprint density at radius 2 is 1.86 bits per heavy atom. The van der Waals surface area contributed by atoms with Gasteiger partial charge < -0.3 is 10.6 Å². The summed E-state index contributed by atoms with van der Waals surface area (Å²) in [4.78, 5) is 16.1. The zero-order chi connectivity index (χ0) is 15.9. The maximum atomic E-state index is 11.9. The molecule has 2 aromatic rings. The summed E-state index contributed by atoms with van der Waals surface area (Å²) in [6, 6.07) is 10.1. The second-order valence-electron chi connectivity index (χ2n) is 5.62. The van der Waals surface area contributed by atoms with Gasteiger partial charge in [-0.3, -0.25) is 9.78 Å². The summed E-state index contributed by atoms with van der Waals surface area (Å²) in [5, 5.41) is 6.13. The van der Waals surface area contributed by atoms with Crippen molar-refractivity contribution in [3.63, 3.8) is 0 Å². The second-order valence-corrected chi connectivity index (χ2v) is 5.62. The number of rotatable bonds is 6. The molecular formula is C18H23N3O. The smallest absolute Gasteiger partial charge is 0.252 e. The predicted octanol–water partition coefficient (Wildman–Crippen LogP) is 4.09. The van der Waals surface area contributed by atoms with Crippen LogP contribution in [-0.2, 0) is 0 Å². The fraction of sp³-hybridized carbons (Fsp3) is 0.333. The summed E-state index contributed by atoms with van der Waals surface area (Å²) in [6.45, 7) is 7.04. The molecule has 1 heterocycles. The monoisotopic (exact) mass is 297 g/mol. The van der Waals surface area contributed by atoms with Crippen LogP contribution < -0.4 is 10.6 Å². The zero-order valence-corrected chi connectivity index (χ0v) is 13.4. The molecule has 0 aliphatic carbocycles. The Morgan fingerprint density at radius 1 is 1.14 bits per heavy atom. The van der Waals surface area contributed by atoms with Gasteiger partial charge in [-0.2, -0.15) is 0 Å². The lowest BCUT2D eigenvalue weighted by atomic mass is 10.0. The number of amides is 1. The molecule has 1 amide bonds. The van der Waals surface area contributed by atoms with Crippen LogP contribution in [0.2, 0.25) is 0 Å². The van der Waals surface area contributed by atoms with Crippen molar-refractivity contribution in [1.29, 1.82) is 0 Å². The first-order valence-corrected chi connectivity index (χ1v) is 7.70. The van der Waals surface area contributed by atoms with Crippen molar-refractivity contribution >= 4 is 17.3 Å². The van der Waals surface area contributed by atoms with E-state index < -0.39 is 0 Å². The SMILES string of the molecule is CCCNC(=O)c1cncc(Nc2ccc(C(C)C)cc2)c1. The van der Waals surface area contributed by atoms with Gasteiger partial charge in [-0.05, 0) is 36.1 Å². The molecule has 0 aliphatic heterocycles. The van der Waals surface area contributed by atoms with E-state index in [1.165, 1.54) is 5.56 Å². The Hall–Kier alpha value is -2.36. The Bertz CT molecular complexity index is 620. The van der Waals surface area contributed by atoms with Crippen LogP contribution in [0.15, 0.2) is 42.7 Å². The van der Waals surface area contributed by atoms with Crippen molar-refractivity contribution in [2.75, 3.05) is 11.9 Å². The van der Waals surface area contributed by atoms with Gasteiger partial charge in [0.15, 0.2) is 0 Å². The molecule has 0 atom stereocenters. The van der Waals surface area contributed by atoms with Crippen LogP contribution in [0.5, 0.6) is 0 Å². The highest BCUT2D eigenvalue weighted by atomic mass is 16.1. The van der Waals surface area contributed by atoms with Gasteiger partial charge in [0, 0.05) is 18.4 Å². The number of hydrogen-bond donors (Lipinski definition) is 2. The quantitative estimate of drug-likeness (QED) is 0.844. The average Bonchev–Trinajstić information content (AvgIpc) is 2.53. The number of carbonyl (C=O) groups is 1. The second kappa shape index (κ2) is 7.59. The van der Waals surface area contributed by atoms with E-state index in [1.54, 1.807) is 12.4 Å². The largest absolute Gasteiger partial charge is 0.354 e. The summed E-state index contributed by atoms with van der Waals surface area (Å²) < 4.78 is 0. The number of carbonyl (C=O) groups excluding carboxylic acids is 1. The van der Waals surface area contributed by atoms with Crippen molar-refractivity contribution in [3.05, 3.63) is 53.9 Å². The molecule has 0 spiro atoms. The van der Waals surface area contributed by atoms with Gasteiger partial charge >= 0.3 is 0 Å². The first-order valence-electron chi connectivity index (χ1n) is 7.70. The summed E-state index contributed by atoms with van der Waals surface area (Å²) in [5.41, 5.74) is 3.66. The highest BCUT2D eigenvalue weighted by Crippen LogP contribution is 2.20. The molecule has 2 rings (SSSR count). The van der Waals surface area contributed by atoms with E-state index in [2.05, 4.69) is 41.6 Å². The standard InChI is InChI=1S/C18H23N3O/c1-4-9-20-18(22)15-10-17(12-19-11-15)21-16-7-5-14(6-8-16)13(2)3/h5-8,10-13,21H,4,9H2,1-3H3,(H,20,22). The summed E-state index contributed by atoms with van der Waals surface area (Å²) in [6.07, 6.45) is 4.21. The number of aromatic nitrogens is 1. The van der Waals surface area contributed by atoms with E-state index in [1.807, 2.05) is 25.1 Å². The maximum Gasteiger partial charge on any atom is 0.252 e. The first-order chi connectivity index (χ1) is 10.6. The summed E-state index contributed by atoms with van der Waals surface area (Å²) in [7, 11) is 0. The minimum Gasteiger partial charge on any atom is -0.354 e. The van der Waals surface area contributed by atoms with Gasteiger partial charge in [0.05, 0.1) is 17.4 Å². The molecule has 0 fully saturated rings. The van der Waals surface area contributed by atoms with Crippen LogP contribution >= 0.6 is 0 Å². The van der Waals surface area contributed by atoms with E-state index in [-0.39, 0.29) is 5.91 Å². The molecule has 116 valence electrons. The molecule has 0 saturated carbocycles. The molecule has 4 nitrogen and oxygen atoms in total. The molecule has 2 N–H and O–H groups in total. The fourth-order valence-corrected chi connectivity index (χ4v) is 2.09. The molecule has 0 bridgehead atoms. The van der Waals surface area contributed by atoms with Crippen molar-refractivity contribution in [2.24, 2.45) is 0 Å². The molecule has 0 radical (unpaired) electrons. The maximum absolute atomic E-state index is 11.9. The molecular weight excluding hydrogens is 274 g/mol. The summed E-state index contributed by atoms with van der Waals surface area (Å²) >= 11 is 0. The van der Waals surface area contributed by atoms with Gasteiger partial charge in [-0.15, -0.1) is 0 Å². The van der Waals surface area contributed by atoms with E-state index in [0.29, 0.717) is 18.0 Å². The van der Waals surface area contributed by atoms with E-state index in [9.17, 15) is 4.79 Å². The van der Waals surface area contributed by atoms with E-state index in [4.69, 9.17) is 0 Å². The Balaban J connectivity index is 2.08. The fourth-order valence-electron chi connectivity index (χ4n) is 2.09. The number of nitrogens with zero attached hydrogens (tertiary/aromatic N) is 1. The Kier molecular flexibility index (Phi) is 5.53. The number of anilines is 2. The first kappa shape index (κ1) is 16.0. The molecule has 1 aromatic heterocycles. The third kappa shape index (κ3) is 4.32. The normalized spacial score (nSPS) is 10.5. The lowest BCUT2D eigenvalue weighted by molar-refractivity contribution is 0.0953. The van der Waals surface area contributed by atoms with Crippen LogP contribution in [0.3, 0.4) is 0 Å². The van der Waals surface area contributed by atoms with Crippen LogP contribution in [0.4, 0.5) is 11.4 Å². The predicted molar refractivity (Wildman–Crippen MR) is 90.7 cm³/mol. The highest BCUT2D eigenvalue weighted by molar-refractivity contribution is 5.94. The topological polar surface area (TPSA) is 54.0 Å². The number of nitrogens with one attached hydrogen (secondary N) is 2. The van der Waals surface area contributed by atoms with Crippen molar-refractivity contribution in [1.82, 2.24) is 10.3 Å². The third-order valence-electron chi connectivity index (χ3n) is 3.40. The minimum absolute atomic E-state index is 0.0897. The van der Waals surface area contributed by atoms with E-state index in [0.717, 1.165) is 17.8 Å². The molecule has 0 saturated heterocycles. The highest BCUT2D eigenvalue weighted by Gasteiger charge is 2.06. The van der Waals surface area contributed by atoms with Gasteiger partial charge in [0.25, 0.3) is 5.91 Å². The Morgan fingerprint density at radius 3 is 2.50 bits per heavy atom. The zero-order valence-electron chi connectivity index (χ0n) is 13.4. The lowest BCUT2D eigenvalue weighted by Gasteiger charge is -2.10. The van der Waals surface area contributed by atoms with Crippen LogP contribution in [0.25, 0.3) is 0 Å². The molecule has 22 heavy (non-hydrogen) atoms. The number of pyridine rings is 1.